The van der Waals surface area contributed by atoms with Crippen LogP contribution in [-0.4, -0.2) is 82.7 Å². The van der Waals surface area contributed by atoms with Gasteiger partial charge in [0, 0.05) is 57.6 Å². The number of nitrogens with zero attached hydrogens (tertiary/aromatic N) is 3. The van der Waals surface area contributed by atoms with Gasteiger partial charge in [-0.1, -0.05) is 6.07 Å². The third-order valence-electron chi connectivity index (χ3n) is 6.31. The van der Waals surface area contributed by atoms with Crippen molar-refractivity contribution < 1.29 is 14.2 Å². The minimum atomic E-state index is 0.153. The Labute approximate surface area is 180 Å². The van der Waals surface area contributed by atoms with Crippen molar-refractivity contribution in [1.29, 1.82) is 0 Å². The molecule has 3 fully saturated rings. The molecule has 3 heterocycles. The molecule has 0 spiro atoms. The van der Waals surface area contributed by atoms with Crippen LogP contribution in [0.2, 0.25) is 0 Å². The van der Waals surface area contributed by atoms with Crippen LogP contribution in [0.4, 0.5) is 5.69 Å². The summed E-state index contributed by atoms with van der Waals surface area (Å²) < 4.78 is 17.3. The van der Waals surface area contributed by atoms with Gasteiger partial charge in [0.2, 0.25) is 0 Å². The Hall–Kier alpha value is -1.99. The van der Waals surface area contributed by atoms with Gasteiger partial charge in [0.1, 0.15) is 11.9 Å². The maximum absolute atomic E-state index is 6.01. The molecule has 3 aliphatic rings. The predicted molar refractivity (Wildman–Crippen MR) is 120 cm³/mol. The number of guanidine groups is 1. The molecule has 3 atom stereocenters. The van der Waals surface area contributed by atoms with Crippen molar-refractivity contribution in [2.75, 3.05) is 64.5 Å². The van der Waals surface area contributed by atoms with Crippen LogP contribution in [0, 0.1) is 5.92 Å². The lowest BCUT2D eigenvalue weighted by molar-refractivity contribution is -0.0817. The van der Waals surface area contributed by atoms with Gasteiger partial charge in [-0.25, -0.2) is 0 Å². The van der Waals surface area contributed by atoms with Gasteiger partial charge in [-0.2, -0.15) is 0 Å². The number of anilines is 1. The topological polar surface area (TPSA) is 58.6 Å². The first-order chi connectivity index (χ1) is 14.8. The van der Waals surface area contributed by atoms with Crippen molar-refractivity contribution in [3.8, 4) is 5.75 Å². The average molecular weight is 417 g/mol. The highest BCUT2D eigenvalue weighted by atomic mass is 16.5. The van der Waals surface area contributed by atoms with E-state index in [9.17, 15) is 0 Å². The fraction of sp³-hybridized carbons (Fsp3) is 0.696. The number of hydrogen-bond acceptors (Lipinski definition) is 5. The molecule has 166 valence electrons. The van der Waals surface area contributed by atoms with Gasteiger partial charge in [0.15, 0.2) is 5.96 Å². The number of benzene rings is 1. The zero-order valence-electron chi connectivity index (χ0n) is 18.4. The Morgan fingerprint density at radius 3 is 2.87 bits per heavy atom. The SMILES string of the molecule is CCNC(=NCC1CCN(c2cccc(OC)c2)C1)N1CCOC(C2CCCO2)C1. The summed E-state index contributed by atoms with van der Waals surface area (Å²) in [5.41, 5.74) is 1.24. The summed E-state index contributed by atoms with van der Waals surface area (Å²) in [5.74, 6) is 2.50. The number of nitrogens with one attached hydrogen (secondary N) is 1. The highest BCUT2D eigenvalue weighted by Gasteiger charge is 2.32. The number of aliphatic imine (C=N–C) groups is 1. The van der Waals surface area contributed by atoms with Gasteiger partial charge in [-0.15, -0.1) is 0 Å². The second-order valence-electron chi connectivity index (χ2n) is 8.40. The van der Waals surface area contributed by atoms with Crippen molar-refractivity contribution >= 4 is 11.6 Å². The van der Waals surface area contributed by atoms with Crippen LogP contribution in [-0.2, 0) is 9.47 Å². The fourth-order valence-electron chi connectivity index (χ4n) is 4.65. The summed E-state index contributed by atoms with van der Waals surface area (Å²) in [5, 5.41) is 3.49. The quantitative estimate of drug-likeness (QED) is 0.568. The van der Waals surface area contributed by atoms with E-state index in [4.69, 9.17) is 19.2 Å². The Morgan fingerprint density at radius 1 is 1.17 bits per heavy atom. The largest absolute Gasteiger partial charge is 0.497 e. The van der Waals surface area contributed by atoms with Gasteiger partial charge in [-0.05, 0) is 44.2 Å². The van der Waals surface area contributed by atoms with E-state index in [1.54, 1.807) is 7.11 Å². The molecular formula is C23H36N4O3. The summed E-state index contributed by atoms with van der Waals surface area (Å²) in [4.78, 5) is 9.82. The molecule has 1 N–H and O–H groups in total. The summed E-state index contributed by atoms with van der Waals surface area (Å²) in [6.07, 6.45) is 3.81. The smallest absolute Gasteiger partial charge is 0.194 e. The first kappa shape index (κ1) is 21.2. The molecule has 0 aliphatic carbocycles. The maximum atomic E-state index is 6.01. The van der Waals surface area contributed by atoms with E-state index in [-0.39, 0.29) is 12.2 Å². The first-order valence-corrected chi connectivity index (χ1v) is 11.4. The standard InChI is InChI=1S/C23H36N4O3/c1-3-24-23(27-11-13-30-22(17-27)21-8-5-12-29-21)25-15-18-9-10-26(16-18)19-6-4-7-20(14-19)28-2/h4,6-7,14,18,21-22H,3,5,8-13,15-17H2,1-2H3,(H,24,25). The molecule has 1 aromatic rings. The number of hydrogen-bond donors (Lipinski definition) is 1. The molecule has 3 saturated heterocycles. The molecule has 1 aromatic carbocycles. The number of methoxy groups -OCH3 is 1. The number of ether oxygens (including phenoxy) is 3. The molecule has 0 aromatic heterocycles. The molecule has 4 rings (SSSR count). The molecule has 30 heavy (non-hydrogen) atoms. The van der Waals surface area contributed by atoms with Gasteiger partial charge in [0.05, 0.1) is 19.8 Å². The maximum Gasteiger partial charge on any atom is 0.194 e. The summed E-state index contributed by atoms with van der Waals surface area (Å²) in [7, 11) is 1.72. The molecule has 0 saturated carbocycles. The third-order valence-corrected chi connectivity index (χ3v) is 6.31. The lowest BCUT2D eigenvalue weighted by Crippen LogP contribution is -2.53. The lowest BCUT2D eigenvalue weighted by Gasteiger charge is -2.37. The van der Waals surface area contributed by atoms with E-state index >= 15 is 0 Å². The number of morpholine rings is 1. The first-order valence-electron chi connectivity index (χ1n) is 11.4. The summed E-state index contributed by atoms with van der Waals surface area (Å²) >= 11 is 0. The van der Waals surface area contributed by atoms with Crippen LogP contribution in [0.5, 0.6) is 5.75 Å². The minimum Gasteiger partial charge on any atom is -0.497 e. The van der Waals surface area contributed by atoms with Crippen molar-refractivity contribution in [2.24, 2.45) is 10.9 Å². The Morgan fingerprint density at radius 2 is 2.07 bits per heavy atom. The number of rotatable bonds is 6. The monoisotopic (exact) mass is 416 g/mol. The molecule has 0 radical (unpaired) electrons. The van der Waals surface area contributed by atoms with Crippen LogP contribution in [0.3, 0.4) is 0 Å². The molecule has 7 nitrogen and oxygen atoms in total. The van der Waals surface area contributed by atoms with E-state index in [1.165, 1.54) is 12.1 Å². The van der Waals surface area contributed by atoms with Gasteiger partial charge < -0.3 is 29.3 Å². The van der Waals surface area contributed by atoms with E-state index in [0.29, 0.717) is 5.92 Å². The zero-order valence-corrected chi connectivity index (χ0v) is 18.4. The van der Waals surface area contributed by atoms with Gasteiger partial charge in [0.25, 0.3) is 0 Å². The lowest BCUT2D eigenvalue weighted by atomic mass is 10.1. The highest BCUT2D eigenvalue weighted by Crippen LogP contribution is 2.27. The molecule has 0 amide bonds. The van der Waals surface area contributed by atoms with Crippen LogP contribution in [0.1, 0.15) is 26.2 Å². The van der Waals surface area contributed by atoms with E-state index in [2.05, 4.69) is 40.2 Å². The van der Waals surface area contributed by atoms with Crippen LogP contribution in [0.15, 0.2) is 29.3 Å². The normalized spacial score (nSPS) is 27.5. The van der Waals surface area contributed by atoms with Gasteiger partial charge >= 0.3 is 0 Å². The Balaban J connectivity index is 1.34. The molecule has 3 unspecified atom stereocenters. The van der Waals surface area contributed by atoms with Crippen LogP contribution < -0.4 is 15.0 Å². The molecule has 3 aliphatic heterocycles. The van der Waals surface area contributed by atoms with E-state index in [0.717, 1.165) is 77.0 Å². The summed E-state index contributed by atoms with van der Waals surface area (Å²) in [6.45, 7) is 9.32. The molecular weight excluding hydrogens is 380 g/mol. The van der Waals surface area contributed by atoms with Crippen LogP contribution >= 0.6 is 0 Å². The third kappa shape index (κ3) is 5.19. The average Bonchev–Trinajstić information content (AvgIpc) is 3.49. The summed E-state index contributed by atoms with van der Waals surface area (Å²) in [6, 6.07) is 8.34. The Bertz CT molecular complexity index is 707. The minimum absolute atomic E-state index is 0.153. The Kier molecular flexibility index (Phi) is 7.33. The van der Waals surface area contributed by atoms with Crippen molar-refractivity contribution in [1.82, 2.24) is 10.2 Å². The zero-order chi connectivity index (χ0) is 20.8. The second kappa shape index (κ2) is 10.4. The fourth-order valence-corrected chi connectivity index (χ4v) is 4.65. The predicted octanol–water partition coefficient (Wildman–Crippen LogP) is 2.37. The van der Waals surface area contributed by atoms with Crippen molar-refractivity contribution in [2.45, 2.75) is 38.4 Å². The van der Waals surface area contributed by atoms with E-state index in [1.807, 2.05) is 6.07 Å². The van der Waals surface area contributed by atoms with Crippen molar-refractivity contribution in [3.05, 3.63) is 24.3 Å². The van der Waals surface area contributed by atoms with E-state index < -0.39 is 0 Å². The van der Waals surface area contributed by atoms with Crippen molar-refractivity contribution in [3.63, 3.8) is 0 Å². The molecule has 0 bridgehead atoms. The molecule has 7 heteroatoms. The highest BCUT2D eigenvalue weighted by molar-refractivity contribution is 5.80. The van der Waals surface area contributed by atoms with Gasteiger partial charge in [-0.3, -0.25) is 4.99 Å². The van der Waals surface area contributed by atoms with Crippen LogP contribution in [0.25, 0.3) is 0 Å². The second-order valence-corrected chi connectivity index (χ2v) is 8.40.